The molecule has 1 saturated heterocycles. The van der Waals surface area contributed by atoms with Gasteiger partial charge in [0.1, 0.15) is 0 Å². The molecule has 1 aromatic carbocycles. The minimum Gasteiger partial charge on any atom is -0.371 e. The maximum absolute atomic E-state index is 13.0. The lowest BCUT2D eigenvalue weighted by atomic mass is 9.54. The van der Waals surface area contributed by atoms with Crippen molar-refractivity contribution in [1.29, 1.82) is 0 Å². The van der Waals surface area contributed by atoms with Crippen LogP contribution >= 0.6 is 0 Å². The van der Waals surface area contributed by atoms with Crippen LogP contribution in [0.3, 0.4) is 0 Å². The van der Waals surface area contributed by atoms with Gasteiger partial charge in [0.2, 0.25) is 15.9 Å². The van der Waals surface area contributed by atoms with Crippen molar-refractivity contribution >= 4 is 21.6 Å². The van der Waals surface area contributed by atoms with Gasteiger partial charge in [0.15, 0.2) is 0 Å². The van der Waals surface area contributed by atoms with Gasteiger partial charge in [-0.2, -0.15) is 0 Å². The minimum absolute atomic E-state index is 0.0283. The third-order valence-corrected chi connectivity index (χ3v) is 9.41. The number of hydrogen-bond acceptors (Lipinski definition) is 4. The zero-order valence-corrected chi connectivity index (χ0v) is 19.4. The number of amides is 1. The molecular weight excluding hydrogens is 412 g/mol. The number of anilines is 1. The van der Waals surface area contributed by atoms with E-state index in [0.717, 1.165) is 49.1 Å². The summed E-state index contributed by atoms with van der Waals surface area (Å²) in [5.74, 6) is 2.51. The Hall–Kier alpha value is -1.44. The van der Waals surface area contributed by atoms with E-state index < -0.39 is 10.0 Å². The molecule has 1 aromatic rings. The Kier molecular flexibility index (Phi) is 5.42. The summed E-state index contributed by atoms with van der Waals surface area (Å²) in [6, 6.07) is 5.15. The van der Waals surface area contributed by atoms with E-state index in [2.05, 4.69) is 4.72 Å². The van der Waals surface area contributed by atoms with Gasteiger partial charge >= 0.3 is 0 Å². The van der Waals surface area contributed by atoms with Gasteiger partial charge in [-0.05, 0) is 100 Å². The molecule has 5 fully saturated rings. The first-order valence-electron chi connectivity index (χ1n) is 11.8. The van der Waals surface area contributed by atoms with Crippen molar-refractivity contribution in [2.24, 2.45) is 17.8 Å². The molecule has 5 aliphatic rings. The highest BCUT2D eigenvalue weighted by Gasteiger charge is 2.52. The summed E-state index contributed by atoms with van der Waals surface area (Å²) in [5, 5.41) is 0. The van der Waals surface area contributed by atoms with Crippen molar-refractivity contribution < 1.29 is 17.9 Å². The highest BCUT2D eigenvalue weighted by molar-refractivity contribution is 7.89. The number of carbonyl (C=O) groups excluding carboxylic acids is 1. The molecule has 1 amide bonds. The highest BCUT2D eigenvalue weighted by atomic mass is 32.2. The Balaban J connectivity index is 1.22. The summed E-state index contributed by atoms with van der Waals surface area (Å²) in [5.41, 5.74) is 1.40. The van der Waals surface area contributed by atoms with E-state index in [4.69, 9.17) is 4.74 Å². The second-order valence-corrected chi connectivity index (χ2v) is 12.2. The summed E-state index contributed by atoms with van der Waals surface area (Å²) >= 11 is 0. The topological polar surface area (TPSA) is 75.7 Å². The summed E-state index contributed by atoms with van der Waals surface area (Å²) in [4.78, 5) is 14.0. The molecule has 0 radical (unpaired) electrons. The second-order valence-electron chi connectivity index (χ2n) is 10.5. The molecule has 0 spiro atoms. The molecule has 0 aromatic heterocycles. The van der Waals surface area contributed by atoms with Crippen LogP contribution in [0.15, 0.2) is 23.1 Å². The van der Waals surface area contributed by atoms with Crippen molar-refractivity contribution in [3.05, 3.63) is 23.8 Å². The van der Waals surface area contributed by atoms with Gasteiger partial charge in [-0.3, -0.25) is 4.79 Å². The molecule has 1 atom stereocenters. The highest BCUT2D eigenvalue weighted by Crippen LogP contribution is 2.57. The van der Waals surface area contributed by atoms with Gasteiger partial charge in [-0.15, -0.1) is 0 Å². The average Bonchev–Trinajstić information content (AvgIpc) is 3.11. The molecule has 31 heavy (non-hydrogen) atoms. The average molecular weight is 447 g/mol. The molecule has 4 aliphatic carbocycles. The molecule has 6 nitrogen and oxygen atoms in total. The Morgan fingerprint density at radius 2 is 1.81 bits per heavy atom. The fraction of sp³-hybridized carbons (Fsp3) is 0.708. The van der Waals surface area contributed by atoms with Crippen LogP contribution in [-0.4, -0.2) is 39.1 Å². The van der Waals surface area contributed by atoms with Crippen LogP contribution in [-0.2, 0) is 19.6 Å². The van der Waals surface area contributed by atoms with Gasteiger partial charge in [-0.1, -0.05) is 0 Å². The lowest BCUT2D eigenvalue weighted by Crippen LogP contribution is -2.53. The predicted octanol–water partition coefficient (Wildman–Crippen LogP) is 3.77. The quantitative estimate of drug-likeness (QED) is 0.692. The number of sulfonamides is 1. The zero-order chi connectivity index (χ0) is 21.8. The van der Waals surface area contributed by atoms with Crippen LogP contribution in [0.2, 0.25) is 0 Å². The van der Waals surface area contributed by atoms with Crippen LogP contribution < -0.4 is 9.62 Å². The Labute approximate surface area is 185 Å². The Bertz CT molecular complexity index is 939. The third-order valence-electron chi connectivity index (χ3n) is 7.83. The molecule has 0 unspecified atom stereocenters. The smallest absolute Gasteiger partial charge is 0.240 e. The third kappa shape index (κ3) is 4.16. The number of benzene rings is 1. The molecule has 1 N–H and O–H groups in total. The molecular formula is C24H34N2O4S. The van der Waals surface area contributed by atoms with Crippen LogP contribution in [0.5, 0.6) is 0 Å². The maximum Gasteiger partial charge on any atom is 0.240 e. The van der Waals surface area contributed by atoms with Crippen molar-refractivity contribution in [3.63, 3.8) is 0 Å². The number of nitrogens with zero attached hydrogens (tertiary/aromatic N) is 1. The zero-order valence-electron chi connectivity index (χ0n) is 18.6. The van der Waals surface area contributed by atoms with Crippen LogP contribution in [0, 0.1) is 24.7 Å². The minimum atomic E-state index is -3.64. The number of nitrogens with one attached hydrogen (secondary N) is 1. The monoisotopic (exact) mass is 446 g/mol. The number of carbonyl (C=O) groups is 1. The summed E-state index contributed by atoms with van der Waals surface area (Å²) < 4.78 is 35.2. The SMILES string of the molecule is Cc1cc(N2CCCC2=O)ccc1S(=O)(=O)NC[C@H](C)OC12CC3CC(CC(C3)C1)C2. The van der Waals surface area contributed by atoms with Gasteiger partial charge in [0.25, 0.3) is 0 Å². The first-order valence-corrected chi connectivity index (χ1v) is 13.3. The second kappa shape index (κ2) is 7.85. The molecule has 1 heterocycles. The predicted molar refractivity (Wildman–Crippen MR) is 119 cm³/mol. The normalized spacial score (nSPS) is 33.3. The molecule has 6 rings (SSSR count). The van der Waals surface area contributed by atoms with Crippen LogP contribution in [0.25, 0.3) is 0 Å². The number of rotatable bonds is 7. The first kappa shape index (κ1) is 21.4. The van der Waals surface area contributed by atoms with Crippen molar-refractivity contribution in [2.45, 2.75) is 81.8 Å². The summed E-state index contributed by atoms with van der Waals surface area (Å²) in [6.45, 7) is 4.74. The molecule has 1 aliphatic heterocycles. The fourth-order valence-electron chi connectivity index (χ4n) is 6.97. The van der Waals surface area contributed by atoms with E-state index in [1.807, 2.05) is 6.92 Å². The fourth-order valence-corrected chi connectivity index (χ4v) is 8.31. The standard InChI is InChI=1S/C24H34N2O4S/c1-16-8-21(26-7-3-4-23(26)27)5-6-22(16)31(28,29)25-15-17(2)30-24-12-18-9-19(13-24)11-20(10-18)14-24/h5-6,8,17-20,25H,3-4,7,9-15H2,1-2H3/t17-,18?,19?,20?,24?/m0/s1. The van der Waals surface area contributed by atoms with E-state index >= 15 is 0 Å². The van der Waals surface area contributed by atoms with Crippen molar-refractivity contribution in [3.8, 4) is 0 Å². The Morgan fingerprint density at radius 3 is 2.35 bits per heavy atom. The summed E-state index contributed by atoms with van der Waals surface area (Å²) in [6.07, 6.45) is 8.77. The number of ether oxygens (including phenoxy) is 1. The lowest BCUT2D eigenvalue weighted by Gasteiger charge is -2.57. The van der Waals surface area contributed by atoms with E-state index in [-0.39, 0.29) is 29.1 Å². The van der Waals surface area contributed by atoms with Gasteiger partial charge in [-0.25, -0.2) is 13.1 Å². The lowest BCUT2D eigenvalue weighted by molar-refractivity contribution is -0.182. The molecule has 4 saturated carbocycles. The van der Waals surface area contributed by atoms with Gasteiger partial charge < -0.3 is 9.64 Å². The van der Waals surface area contributed by atoms with E-state index in [1.54, 1.807) is 30.0 Å². The van der Waals surface area contributed by atoms with Gasteiger partial charge in [0, 0.05) is 25.2 Å². The van der Waals surface area contributed by atoms with Crippen LogP contribution in [0.1, 0.15) is 63.9 Å². The van der Waals surface area contributed by atoms with Gasteiger partial charge in [0.05, 0.1) is 16.6 Å². The Morgan fingerprint density at radius 1 is 1.16 bits per heavy atom. The van der Waals surface area contributed by atoms with Crippen LogP contribution in [0.4, 0.5) is 5.69 Å². The van der Waals surface area contributed by atoms with Crippen molar-refractivity contribution in [1.82, 2.24) is 4.72 Å². The number of aryl methyl sites for hydroxylation is 1. The largest absolute Gasteiger partial charge is 0.371 e. The maximum atomic E-state index is 13.0. The molecule has 7 heteroatoms. The first-order chi connectivity index (χ1) is 14.7. The molecule has 4 bridgehead atoms. The van der Waals surface area contributed by atoms with E-state index in [0.29, 0.717) is 18.5 Å². The molecule has 170 valence electrons. The number of hydrogen-bond donors (Lipinski definition) is 1. The van der Waals surface area contributed by atoms with E-state index in [9.17, 15) is 13.2 Å². The van der Waals surface area contributed by atoms with Crippen molar-refractivity contribution in [2.75, 3.05) is 18.0 Å². The summed E-state index contributed by atoms with van der Waals surface area (Å²) in [7, 11) is -3.64. The van der Waals surface area contributed by atoms with E-state index in [1.165, 1.54) is 19.3 Å².